The number of amides is 1. The van der Waals surface area contributed by atoms with Crippen molar-refractivity contribution in [3.8, 4) is 0 Å². The molecule has 1 fully saturated rings. The van der Waals surface area contributed by atoms with Crippen molar-refractivity contribution in [3.05, 3.63) is 77.6 Å². The van der Waals surface area contributed by atoms with Crippen molar-refractivity contribution >= 4 is 17.7 Å². The van der Waals surface area contributed by atoms with Crippen molar-refractivity contribution < 1.29 is 4.79 Å². The molecule has 0 N–H and O–H groups in total. The molecule has 0 aliphatic carbocycles. The maximum Gasteiger partial charge on any atom is 0.233 e. The molecular weight excluding hydrogens is 442 g/mol. The second-order valence-corrected chi connectivity index (χ2v) is 10.1. The van der Waals surface area contributed by atoms with Gasteiger partial charge in [0.15, 0.2) is 5.16 Å². The predicted molar refractivity (Wildman–Crippen MR) is 138 cm³/mol. The third kappa shape index (κ3) is 6.70. The fraction of sp³-hybridized carbons (Fsp3) is 0.444. The molecule has 1 aliphatic heterocycles. The molecule has 4 rings (SSSR count). The summed E-state index contributed by atoms with van der Waals surface area (Å²) in [4.78, 5) is 17.6. The lowest BCUT2D eigenvalue weighted by molar-refractivity contribution is -0.130. The lowest BCUT2D eigenvalue weighted by Crippen LogP contribution is -2.37. The summed E-state index contributed by atoms with van der Waals surface area (Å²) in [6.45, 7) is 8.50. The van der Waals surface area contributed by atoms with Crippen LogP contribution in [-0.2, 0) is 24.4 Å². The van der Waals surface area contributed by atoms with Crippen LogP contribution in [0, 0.1) is 0 Å². The first-order valence-electron chi connectivity index (χ1n) is 12.2. The molecule has 1 aliphatic rings. The topological polar surface area (TPSA) is 54.3 Å². The molecule has 6 nitrogen and oxygen atoms in total. The summed E-state index contributed by atoms with van der Waals surface area (Å²) in [5, 5.41) is 9.89. The van der Waals surface area contributed by atoms with E-state index in [0.29, 0.717) is 18.8 Å². The van der Waals surface area contributed by atoms with Gasteiger partial charge in [0.2, 0.25) is 5.91 Å². The average molecular weight is 478 g/mol. The van der Waals surface area contributed by atoms with E-state index in [4.69, 9.17) is 0 Å². The molecule has 34 heavy (non-hydrogen) atoms. The number of piperidine rings is 1. The summed E-state index contributed by atoms with van der Waals surface area (Å²) in [6.07, 6.45) is 3.80. The molecule has 180 valence electrons. The van der Waals surface area contributed by atoms with Gasteiger partial charge in [-0.15, -0.1) is 10.2 Å². The minimum atomic E-state index is 0.121. The molecule has 7 heteroatoms. The van der Waals surface area contributed by atoms with Crippen molar-refractivity contribution in [3.63, 3.8) is 0 Å². The predicted octanol–water partition coefficient (Wildman–Crippen LogP) is 4.84. The molecular formula is C27H35N5OS. The second kappa shape index (κ2) is 12.2. The zero-order chi connectivity index (χ0) is 23.8. The van der Waals surface area contributed by atoms with Crippen LogP contribution in [0.5, 0.6) is 0 Å². The van der Waals surface area contributed by atoms with E-state index in [9.17, 15) is 4.79 Å². The molecule has 0 bridgehead atoms. The average Bonchev–Trinajstić information content (AvgIpc) is 3.23. The van der Waals surface area contributed by atoms with Crippen molar-refractivity contribution in [2.75, 3.05) is 18.8 Å². The number of hydrogen-bond acceptors (Lipinski definition) is 5. The summed E-state index contributed by atoms with van der Waals surface area (Å²) in [6, 6.07) is 20.7. The Balaban J connectivity index is 1.47. The number of likely N-dealkylation sites (tertiary alicyclic amines) is 1. The number of nitrogens with zero attached hydrogens (tertiary/aromatic N) is 5. The van der Waals surface area contributed by atoms with Crippen LogP contribution in [0.15, 0.2) is 65.8 Å². The van der Waals surface area contributed by atoms with E-state index in [2.05, 4.69) is 69.9 Å². The lowest BCUT2D eigenvalue weighted by Gasteiger charge is -2.27. The molecule has 1 amide bonds. The minimum absolute atomic E-state index is 0.121. The van der Waals surface area contributed by atoms with Gasteiger partial charge in [-0.25, -0.2) is 0 Å². The monoisotopic (exact) mass is 477 g/mol. The quantitative estimate of drug-likeness (QED) is 0.391. The summed E-state index contributed by atoms with van der Waals surface area (Å²) in [5.41, 5.74) is 2.36. The molecule has 3 aromatic rings. The van der Waals surface area contributed by atoms with Gasteiger partial charge in [-0.1, -0.05) is 78.8 Å². The number of thioether (sulfide) groups is 1. The Bertz CT molecular complexity index is 1030. The van der Waals surface area contributed by atoms with Crippen LogP contribution >= 0.6 is 11.8 Å². The first kappa shape index (κ1) is 24.5. The number of benzene rings is 2. The molecule has 1 saturated heterocycles. The van der Waals surface area contributed by atoms with Crippen LogP contribution < -0.4 is 0 Å². The van der Waals surface area contributed by atoms with E-state index in [1.54, 1.807) is 0 Å². The Labute approximate surface area is 207 Å². The van der Waals surface area contributed by atoms with E-state index >= 15 is 0 Å². The molecule has 0 unspecified atom stereocenters. The SMILES string of the molecule is CC(C)N(Cc1ccccc1)C(=O)CSc1nnc(CN2CCCCC2)n1Cc1ccccc1. The van der Waals surface area contributed by atoms with Gasteiger partial charge in [-0.3, -0.25) is 9.69 Å². The van der Waals surface area contributed by atoms with Crippen LogP contribution in [0.1, 0.15) is 50.1 Å². The Hall–Kier alpha value is -2.64. The highest BCUT2D eigenvalue weighted by Crippen LogP contribution is 2.22. The number of carbonyl (C=O) groups is 1. The highest BCUT2D eigenvalue weighted by atomic mass is 32.2. The highest BCUT2D eigenvalue weighted by molar-refractivity contribution is 7.99. The summed E-state index contributed by atoms with van der Waals surface area (Å²) < 4.78 is 2.19. The van der Waals surface area contributed by atoms with Crippen LogP contribution in [0.25, 0.3) is 0 Å². The highest BCUT2D eigenvalue weighted by Gasteiger charge is 2.21. The zero-order valence-electron chi connectivity index (χ0n) is 20.3. The van der Waals surface area contributed by atoms with Gasteiger partial charge in [0.25, 0.3) is 0 Å². The van der Waals surface area contributed by atoms with Gasteiger partial charge in [-0.2, -0.15) is 0 Å². The van der Waals surface area contributed by atoms with Gasteiger partial charge >= 0.3 is 0 Å². The van der Waals surface area contributed by atoms with E-state index in [0.717, 1.165) is 36.2 Å². The number of rotatable bonds is 10. The fourth-order valence-electron chi connectivity index (χ4n) is 4.33. The third-order valence-corrected chi connectivity index (χ3v) is 7.21. The number of carbonyl (C=O) groups excluding carboxylic acids is 1. The van der Waals surface area contributed by atoms with E-state index in [-0.39, 0.29) is 11.9 Å². The second-order valence-electron chi connectivity index (χ2n) is 9.20. The summed E-state index contributed by atoms with van der Waals surface area (Å²) in [7, 11) is 0. The molecule has 0 spiro atoms. The molecule has 2 aromatic carbocycles. The van der Waals surface area contributed by atoms with E-state index < -0.39 is 0 Å². The smallest absolute Gasteiger partial charge is 0.233 e. The lowest BCUT2D eigenvalue weighted by atomic mass is 10.1. The molecule has 2 heterocycles. The first-order valence-corrected chi connectivity index (χ1v) is 13.2. The normalized spacial score (nSPS) is 14.4. The maximum atomic E-state index is 13.2. The Morgan fingerprint density at radius 1 is 0.912 bits per heavy atom. The Kier molecular flexibility index (Phi) is 8.77. The summed E-state index contributed by atoms with van der Waals surface area (Å²) >= 11 is 1.49. The molecule has 1 aromatic heterocycles. The van der Waals surface area contributed by atoms with Gasteiger partial charge in [-0.05, 0) is 50.9 Å². The van der Waals surface area contributed by atoms with Crippen molar-refractivity contribution in [1.29, 1.82) is 0 Å². The fourth-order valence-corrected chi connectivity index (χ4v) is 5.18. The van der Waals surface area contributed by atoms with Gasteiger partial charge in [0.1, 0.15) is 5.82 Å². The van der Waals surface area contributed by atoms with Crippen molar-refractivity contribution in [2.45, 2.75) is 63.9 Å². The Morgan fingerprint density at radius 3 is 2.21 bits per heavy atom. The summed E-state index contributed by atoms with van der Waals surface area (Å²) in [5.74, 6) is 1.45. The Morgan fingerprint density at radius 2 is 1.56 bits per heavy atom. The van der Waals surface area contributed by atoms with Gasteiger partial charge in [0.05, 0.1) is 18.8 Å². The number of hydrogen-bond donors (Lipinski definition) is 0. The zero-order valence-corrected chi connectivity index (χ0v) is 21.1. The third-order valence-electron chi connectivity index (χ3n) is 6.25. The van der Waals surface area contributed by atoms with E-state index in [1.807, 2.05) is 29.2 Å². The molecule has 0 saturated carbocycles. The standard InChI is InChI=1S/C27H35N5OS/c1-22(2)31(18-23-12-6-3-7-13-23)26(33)21-34-27-29-28-25(20-30-16-10-5-11-17-30)32(27)19-24-14-8-4-9-15-24/h3-4,6-9,12-15,22H,5,10-11,16-21H2,1-2H3. The van der Waals surface area contributed by atoms with Crippen LogP contribution in [0.2, 0.25) is 0 Å². The van der Waals surface area contributed by atoms with Crippen LogP contribution in [0.4, 0.5) is 0 Å². The van der Waals surface area contributed by atoms with Crippen LogP contribution in [0.3, 0.4) is 0 Å². The molecule has 0 radical (unpaired) electrons. The van der Waals surface area contributed by atoms with E-state index in [1.165, 1.54) is 36.6 Å². The van der Waals surface area contributed by atoms with Gasteiger partial charge in [0, 0.05) is 12.6 Å². The van der Waals surface area contributed by atoms with Crippen LogP contribution in [-0.4, -0.2) is 55.4 Å². The molecule has 0 atom stereocenters. The number of aromatic nitrogens is 3. The largest absolute Gasteiger partial charge is 0.335 e. The van der Waals surface area contributed by atoms with Crippen molar-refractivity contribution in [2.24, 2.45) is 0 Å². The first-order chi connectivity index (χ1) is 16.6. The van der Waals surface area contributed by atoms with Gasteiger partial charge < -0.3 is 9.47 Å². The van der Waals surface area contributed by atoms with Crippen molar-refractivity contribution in [1.82, 2.24) is 24.6 Å². The maximum absolute atomic E-state index is 13.2. The minimum Gasteiger partial charge on any atom is -0.335 e.